The average molecular weight is 318 g/mol. The number of hydrogen-bond acceptors (Lipinski definition) is 7. The largest absolute Gasteiger partial charge is 0.460 e. The van der Waals surface area contributed by atoms with Crippen LogP contribution in [0.15, 0.2) is 12.2 Å². The fourth-order valence-corrected chi connectivity index (χ4v) is 1.20. The summed E-state index contributed by atoms with van der Waals surface area (Å²) < 4.78 is 19.9. The van der Waals surface area contributed by atoms with Crippen LogP contribution in [0.2, 0.25) is 0 Å². The minimum atomic E-state index is -1.02. The first kappa shape index (κ1) is 20.6. The topological polar surface area (TPSA) is 91.3 Å². The molecular formula is C15H26O7. The molecule has 0 amide bonds. The molecule has 22 heavy (non-hydrogen) atoms. The second kappa shape index (κ2) is 11.2. The maximum Gasteiger partial charge on any atom is 0.334 e. The van der Waals surface area contributed by atoms with Crippen molar-refractivity contribution in [3.63, 3.8) is 0 Å². The van der Waals surface area contributed by atoms with E-state index in [1.807, 2.05) is 13.8 Å². The number of hydrogen-bond donors (Lipinski definition) is 1. The molecule has 0 saturated carbocycles. The predicted octanol–water partition coefficient (Wildman–Crippen LogP) is 1.04. The van der Waals surface area contributed by atoms with Gasteiger partial charge in [0.05, 0.1) is 13.2 Å². The zero-order valence-electron chi connectivity index (χ0n) is 13.7. The minimum absolute atomic E-state index is 0.153. The monoisotopic (exact) mass is 318 g/mol. The van der Waals surface area contributed by atoms with Crippen LogP contribution < -0.4 is 0 Å². The summed E-state index contributed by atoms with van der Waals surface area (Å²) >= 11 is 0. The van der Waals surface area contributed by atoms with Crippen LogP contribution in [-0.2, 0) is 28.5 Å². The highest BCUT2D eigenvalue weighted by Gasteiger charge is 2.13. The van der Waals surface area contributed by atoms with Gasteiger partial charge in [-0.15, -0.1) is 0 Å². The zero-order chi connectivity index (χ0) is 17.1. The van der Waals surface area contributed by atoms with Crippen molar-refractivity contribution in [3.05, 3.63) is 12.2 Å². The Morgan fingerprint density at radius 3 is 2.32 bits per heavy atom. The van der Waals surface area contributed by atoms with Gasteiger partial charge in [0.25, 0.3) is 0 Å². The summed E-state index contributed by atoms with van der Waals surface area (Å²) in [6.45, 7) is 10.3. The summed E-state index contributed by atoms with van der Waals surface area (Å²) in [5.41, 5.74) is 0.243. The Kier molecular flexibility index (Phi) is 10.4. The van der Waals surface area contributed by atoms with E-state index >= 15 is 0 Å². The van der Waals surface area contributed by atoms with Crippen LogP contribution in [-0.4, -0.2) is 55.9 Å². The standard InChI is InChI=1S/C15H26O7/c1-10(2)6-20-12(5)22-14(17)9-19-7-13(16)8-21-15(18)11(3)4/h10,12-13,16H,3,6-9H2,1-2,4-5H3. The van der Waals surface area contributed by atoms with E-state index in [0.29, 0.717) is 12.5 Å². The molecule has 0 saturated heterocycles. The normalized spacial score (nSPS) is 13.5. The molecule has 7 nitrogen and oxygen atoms in total. The number of aliphatic hydroxyl groups is 1. The van der Waals surface area contributed by atoms with E-state index < -0.39 is 24.3 Å². The Bertz CT molecular complexity index is 365. The third-order valence-electron chi connectivity index (χ3n) is 2.25. The number of esters is 2. The van der Waals surface area contributed by atoms with Gasteiger partial charge in [0.2, 0.25) is 0 Å². The molecule has 0 radical (unpaired) electrons. The Morgan fingerprint density at radius 1 is 1.14 bits per heavy atom. The highest BCUT2D eigenvalue weighted by atomic mass is 16.7. The molecule has 128 valence electrons. The Morgan fingerprint density at radius 2 is 1.77 bits per heavy atom. The van der Waals surface area contributed by atoms with Gasteiger partial charge >= 0.3 is 11.9 Å². The molecule has 0 bridgehead atoms. The minimum Gasteiger partial charge on any atom is -0.460 e. The smallest absolute Gasteiger partial charge is 0.334 e. The maximum atomic E-state index is 11.4. The quantitative estimate of drug-likeness (QED) is 0.346. The van der Waals surface area contributed by atoms with E-state index in [-0.39, 0.29) is 25.4 Å². The van der Waals surface area contributed by atoms with Gasteiger partial charge in [-0.05, 0) is 19.8 Å². The number of carbonyl (C=O) groups excluding carboxylic acids is 2. The summed E-state index contributed by atoms with van der Waals surface area (Å²) in [6, 6.07) is 0. The van der Waals surface area contributed by atoms with Gasteiger partial charge in [-0.25, -0.2) is 9.59 Å². The van der Waals surface area contributed by atoms with Crippen molar-refractivity contribution in [2.75, 3.05) is 26.4 Å². The molecule has 0 fully saturated rings. The molecule has 0 heterocycles. The number of ether oxygens (including phenoxy) is 4. The molecule has 0 spiro atoms. The van der Waals surface area contributed by atoms with E-state index in [9.17, 15) is 14.7 Å². The van der Waals surface area contributed by atoms with Gasteiger partial charge < -0.3 is 24.1 Å². The lowest BCUT2D eigenvalue weighted by Crippen LogP contribution is -2.27. The van der Waals surface area contributed by atoms with Crippen LogP contribution in [0.1, 0.15) is 27.7 Å². The summed E-state index contributed by atoms with van der Waals surface area (Å²) in [4.78, 5) is 22.5. The molecule has 0 aliphatic rings. The van der Waals surface area contributed by atoms with Crippen molar-refractivity contribution in [1.29, 1.82) is 0 Å². The van der Waals surface area contributed by atoms with Gasteiger partial charge in [0.1, 0.15) is 19.3 Å². The molecule has 0 aromatic heterocycles. The lowest BCUT2D eigenvalue weighted by molar-refractivity contribution is -0.182. The third-order valence-corrected chi connectivity index (χ3v) is 2.25. The average Bonchev–Trinajstić information content (AvgIpc) is 2.42. The van der Waals surface area contributed by atoms with Crippen LogP contribution in [0.25, 0.3) is 0 Å². The molecule has 0 aromatic carbocycles. The molecule has 0 aromatic rings. The van der Waals surface area contributed by atoms with Crippen molar-refractivity contribution in [3.8, 4) is 0 Å². The first-order valence-electron chi connectivity index (χ1n) is 7.11. The summed E-state index contributed by atoms with van der Waals surface area (Å²) in [6.07, 6.45) is -1.68. The van der Waals surface area contributed by atoms with Crippen molar-refractivity contribution >= 4 is 11.9 Å². The summed E-state index contributed by atoms with van der Waals surface area (Å²) in [5.74, 6) is -0.841. The summed E-state index contributed by atoms with van der Waals surface area (Å²) in [5, 5.41) is 9.51. The zero-order valence-corrected chi connectivity index (χ0v) is 13.7. The van der Waals surface area contributed by atoms with Crippen molar-refractivity contribution in [2.45, 2.75) is 40.1 Å². The fraction of sp³-hybridized carbons (Fsp3) is 0.733. The number of carbonyl (C=O) groups is 2. The van der Waals surface area contributed by atoms with Crippen LogP contribution in [0.3, 0.4) is 0 Å². The van der Waals surface area contributed by atoms with E-state index in [2.05, 4.69) is 6.58 Å². The van der Waals surface area contributed by atoms with Gasteiger partial charge in [-0.1, -0.05) is 20.4 Å². The summed E-state index contributed by atoms with van der Waals surface area (Å²) in [7, 11) is 0. The lowest BCUT2D eigenvalue weighted by Gasteiger charge is -2.16. The third kappa shape index (κ3) is 11.2. The molecular weight excluding hydrogens is 292 g/mol. The number of rotatable bonds is 11. The van der Waals surface area contributed by atoms with E-state index in [1.165, 1.54) is 6.92 Å². The van der Waals surface area contributed by atoms with E-state index in [1.54, 1.807) is 6.92 Å². The number of aliphatic hydroxyl groups excluding tert-OH is 1. The molecule has 0 aliphatic carbocycles. The van der Waals surface area contributed by atoms with Crippen LogP contribution in [0, 0.1) is 5.92 Å². The van der Waals surface area contributed by atoms with E-state index in [4.69, 9.17) is 18.9 Å². The van der Waals surface area contributed by atoms with Gasteiger partial charge in [-0.2, -0.15) is 0 Å². The lowest BCUT2D eigenvalue weighted by atomic mass is 10.2. The second-order valence-corrected chi connectivity index (χ2v) is 5.33. The Labute approximate surface area is 131 Å². The van der Waals surface area contributed by atoms with Crippen molar-refractivity contribution < 1.29 is 33.6 Å². The van der Waals surface area contributed by atoms with Crippen LogP contribution in [0.5, 0.6) is 0 Å². The molecule has 7 heteroatoms. The van der Waals surface area contributed by atoms with Crippen molar-refractivity contribution in [2.24, 2.45) is 5.92 Å². The molecule has 1 N–H and O–H groups in total. The molecule has 2 atom stereocenters. The van der Waals surface area contributed by atoms with Gasteiger partial charge in [0.15, 0.2) is 6.29 Å². The maximum absolute atomic E-state index is 11.4. The van der Waals surface area contributed by atoms with Crippen LogP contribution in [0.4, 0.5) is 0 Å². The van der Waals surface area contributed by atoms with Crippen molar-refractivity contribution in [1.82, 2.24) is 0 Å². The highest BCUT2D eigenvalue weighted by Crippen LogP contribution is 2.00. The van der Waals surface area contributed by atoms with Gasteiger partial charge in [-0.3, -0.25) is 0 Å². The Hall–Kier alpha value is -1.44. The molecule has 2 unspecified atom stereocenters. The Balaban J connectivity index is 3.74. The highest BCUT2D eigenvalue weighted by molar-refractivity contribution is 5.86. The first-order chi connectivity index (χ1) is 10.2. The SMILES string of the molecule is C=C(C)C(=O)OCC(O)COCC(=O)OC(C)OCC(C)C. The fourth-order valence-electron chi connectivity index (χ4n) is 1.20. The molecule has 0 aliphatic heterocycles. The van der Waals surface area contributed by atoms with Crippen LogP contribution >= 0.6 is 0 Å². The van der Waals surface area contributed by atoms with Gasteiger partial charge in [0, 0.05) is 5.57 Å². The second-order valence-electron chi connectivity index (χ2n) is 5.33. The predicted molar refractivity (Wildman–Crippen MR) is 78.9 cm³/mol. The first-order valence-corrected chi connectivity index (χ1v) is 7.11. The molecule has 0 rings (SSSR count). The van der Waals surface area contributed by atoms with E-state index in [0.717, 1.165) is 0 Å².